The zero-order valence-corrected chi connectivity index (χ0v) is 8.10. The fourth-order valence-electron chi connectivity index (χ4n) is 1.31. The van der Waals surface area contributed by atoms with Crippen LogP contribution in [0.4, 0.5) is 5.69 Å². The van der Waals surface area contributed by atoms with Gasteiger partial charge in [0.15, 0.2) is 0 Å². The van der Waals surface area contributed by atoms with Crippen molar-refractivity contribution in [3.63, 3.8) is 0 Å². The van der Waals surface area contributed by atoms with Crippen molar-refractivity contribution < 1.29 is 14.9 Å². The summed E-state index contributed by atoms with van der Waals surface area (Å²) in [5.74, 6) is 0.541. The van der Waals surface area contributed by atoms with E-state index in [2.05, 4.69) is 0 Å². The molecule has 0 saturated carbocycles. The Kier molecular flexibility index (Phi) is 3.73. The highest BCUT2D eigenvalue weighted by Gasteiger charge is 2.12. The van der Waals surface area contributed by atoms with Gasteiger partial charge in [-0.2, -0.15) is 0 Å². The molecule has 4 N–H and O–H groups in total. The predicted molar refractivity (Wildman–Crippen MR) is 54.1 cm³/mol. The first-order valence-corrected chi connectivity index (χ1v) is 4.42. The van der Waals surface area contributed by atoms with Crippen molar-refractivity contribution in [1.82, 2.24) is 0 Å². The molecule has 0 spiro atoms. The summed E-state index contributed by atoms with van der Waals surface area (Å²) in [6.45, 7) is -0.0716. The maximum atomic E-state index is 9.63. The molecule has 4 heteroatoms. The number of aliphatic hydroxyl groups excluding tert-OH is 2. The molecule has 0 saturated heterocycles. The van der Waals surface area contributed by atoms with Crippen LogP contribution in [0.3, 0.4) is 0 Å². The summed E-state index contributed by atoms with van der Waals surface area (Å²) in [5, 5.41) is 18.3. The number of para-hydroxylation sites is 1. The number of hydrogen-bond donors (Lipinski definition) is 3. The first-order valence-electron chi connectivity index (χ1n) is 4.42. The second kappa shape index (κ2) is 4.83. The van der Waals surface area contributed by atoms with Gasteiger partial charge in [-0.1, -0.05) is 12.1 Å². The number of hydrogen-bond acceptors (Lipinski definition) is 4. The van der Waals surface area contributed by atoms with Crippen molar-refractivity contribution in [3.8, 4) is 5.75 Å². The van der Waals surface area contributed by atoms with Gasteiger partial charge >= 0.3 is 0 Å². The lowest BCUT2D eigenvalue weighted by Crippen LogP contribution is -2.05. The smallest absolute Gasteiger partial charge is 0.142 e. The molecule has 0 amide bonds. The minimum atomic E-state index is -0.741. The summed E-state index contributed by atoms with van der Waals surface area (Å²) in [4.78, 5) is 0. The molecule has 14 heavy (non-hydrogen) atoms. The number of ether oxygens (including phenoxy) is 1. The quantitative estimate of drug-likeness (QED) is 0.621. The number of anilines is 1. The summed E-state index contributed by atoms with van der Waals surface area (Å²) in [6.07, 6.45) is -0.465. The van der Waals surface area contributed by atoms with Crippen molar-refractivity contribution in [2.75, 3.05) is 19.5 Å². The molecule has 1 atom stereocenters. The van der Waals surface area contributed by atoms with Gasteiger partial charge in [0, 0.05) is 18.6 Å². The highest BCUT2D eigenvalue weighted by Crippen LogP contribution is 2.30. The van der Waals surface area contributed by atoms with E-state index in [1.54, 1.807) is 18.2 Å². The molecule has 78 valence electrons. The molecule has 1 aromatic carbocycles. The molecule has 0 heterocycles. The first kappa shape index (κ1) is 10.8. The van der Waals surface area contributed by atoms with Crippen LogP contribution in [0.25, 0.3) is 0 Å². The number of aliphatic hydroxyl groups is 2. The molecule has 0 aliphatic heterocycles. The molecule has 1 rings (SSSR count). The van der Waals surface area contributed by atoms with Crippen LogP contribution in [-0.4, -0.2) is 23.9 Å². The van der Waals surface area contributed by atoms with E-state index in [0.717, 1.165) is 0 Å². The van der Waals surface area contributed by atoms with Crippen LogP contribution in [0, 0.1) is 0 Å². The maximum Gasteiger partial charge on any atom is 0.142 e. The average Bonchev–Trinajstić information content (AvgIpc) is 2.18. The molecular formula is C10H15NO3. The average molecular weight is 197 g/mol. The van der Waals surface area contributed by atoms with Gasteiger partial charge in [-0.3, -0.25) is 0 Å². The third-order valence-corrected chi connectivity index (χ3v) is 2.08. The molecule has 0 bridgehead atoms. The molecule has 4 nitrogen and oxygen atoms in total. The zero-order valence-electron chi connectivity index (χ0n) is 8.10. The summed E-state index contributed by atoms with van der Waals surface area (Å²) >= 11 is 0. The Hall–Kier alpha value is -1.26. The normalized spacial score (nSPS) is 12.5. The highest BCUT2D eigenvalue weighted by molar-refractivity contribution is 5.59. The summed E-state index contributed by atoms with van der Waals surface area (Å²) in [6, 6.07) is 5.20. The van der Waals surface area contributed by atoms with Gasteiger partial charge in [0.05, 0.1) is 18.9 Å². The number of nitrogen functional groups attached to an aromatic ring is 1. The van der Waals surface area contributed by atoms with Crippen LogP contribution in [0.15, 0.2) is 18.2 Å². The van der Waals surface area contributed by atoms with Gasteiger partial charge in [-0.25, -0.2) is 0 Å². The molecule has 0 radical (unpaired) electrons. The van der Waals surface area contributed by atoms with Crippen LogP contribution < -0.4 is 10.5 Å². The minimum Gasteiger partial charge on any atom is -0.495 e. The fraction of sp³-hybridized carbons (Fsp3) is 0.400. The van der Waals surface area contributed by atoms with E-state index < -0.39 is 6.10 Å². The Morgan fingerprint density at radius 1 is 1.50 bits per heavy atom. The molecule has 0 aliphatic carbocycles. The van der Waals surface area contributed by atoms with Crippen molar-refractivity contribution in [1.29, 1.82) is 0 Å². The number of methoxy groups -OCH3 is 1. The number of nitrogens with two attached hydrogens (primary N) is 1. The lowest BCUT2D eigenvalue weighted by Gasteiger charge is -2.14. The molecule has 1 aromatic rings. The molecular weight excluding hydrogens is 182 g/mol. The van der Waals surface area contributed by atoms with Crippen LogP contribution in [-0.2, 0) is 0 Å². The summed E-state index contributed by atoms with van der Waals surface area (Å²) in [5.41, 5.74) is 6.78. The standard InChI is InChI=1S/C10H15NO3/c1-14-9-4-2-3-7(10(9)11)8(13)5-6-12/h2-4,8,12-13H,5-6,11H2,1H3. The largest absolute Gasteiger partial charge is 0.495 e. The van der Waals surface area contributed by atoms with E-state index in [1.165, 1.54) is 7.11 Å². The zero-order chi connectivity index (χ0) is 10.6. The van der Waals surface area contributed by atoms with Crippen LogP contribution in [0.1, 0.15) is 18.1 Å². The Morgan fingerprint density at radius 2 is 2.21 bits per heavy atom. The maximum absolute atomic E-state index is 9.63. The number of rotatable bonds is 4. The highest BCUT2D eigenvalue weighted by atomic mass is 16.5. The topological polar surface area (TPSA) is 75.7 Å². The molecule has 0 fully saturated rings. The van der Waals surface area contributed by atoms with Crippen molar-refractivity contribution in [2.45, 2.75) is 12.5 Å². The second-order valence-electron chi connectivity index (χ2n) is 2.99. The van der Waals surface area contributed by atoms with Gasteiger partial charge in [-0.05, 0) is 6.07 Å². The van der Waals surface area contributed by atoms with Gasteiger partial charge in [0.1, 0.15) is 5.75 Å². The van der Waals surface area contributed by atoms with E-state index in [4.69, 9.17) is 15.6 Å². The lowest BCUT2D eigenvalue weighted by molar-refractivity contribution is 0.135. The SMILES string of the molecule is COc1cccc(C(O)CCO)c1N. The van der Waals surface area contributed by atoms with Gasteiger partial charge < -0.3 is 20.7 Å². The van der Waals surface area contributed by atoms with E-state index >= 15 is 0 Å². The predicted octanol–water partition coefficient (Wildman–Crippen LogP) is 0.693. The van der Waals surface area contributed by atoms with E-state index in [0.29, 0.717) is 17.0 Å². The Labute approximate surface area is 82.9 Å². The van der Waals surface area contributed by atoms with Crippen molar-refractivity contribution in [2.24, 2.45) is 0 Å². The molecule has 0 aliphatic rings. The van der Waals surface area contributed by atoms with Crippen molar-refractivity contribution >= 4 is 5.69 Å². The fourth-order valence-corrected chi connectivity index (χ4v) is 1.31. The first-order chi connectivity index (χ1) is 6.70. The molecule has 1 unspecified atom stereocenters. The van der Waals surface area contributed by atoms with Crippen LogP contribution >= 0.6 is 0 Å². The monoisotopic (exact) mass is 197 g/mol. The minimum absolute atomic E-state index is 0.0716. The lowest BCUT2D eigenvalue weighted by atomic mass is 10.0. The van der Waals surface area contributed by atoms with Gasteiger partial charge in [0.25, 0.3) is 0 Å². The number of benzene rings is 1. The van der Waals surface area contributed by atoms with E-state index in [9.17, 15) is 5.11 Å². The summed E-state index contributed by atoms with van der Waals surface area (Å²) < 4.78 is 5.02. The van der Waals surface area contributed by atoms with E-state index in [1.807, 2.05) is 0 Å². The Balaban J connectivity index is 2.96. The third-order valence-electron chi connectivity index (χ3n) is 2.08. The second-order valence-corrected chi connectivity index (χ2v) is 2.99. The van der Waals surface area contributed by atoms with Gasteiger partial charge in [-0.15, -0.1) is 0 Å². The third kappa shape index (κ3) is 2.16. The van der Waals surface area contributed by atoms with Gasteiger partial charge in [0.2, 0.25) is 0 Å². The Bertz CT molecular complexity index is 301. The molecule has 0 aromatic heterocycles. The Morgan fingerprint density at radius 3 is 2.79 bits per heavy atom. The van der Waals surface area contributed by atoms with Crippen molar-refractivity contribution in [3.05, 3.63) is 23.8 Å². The summed E-state index contributed by atoms with van der Waals surface area (Å²) in [7, 11) is 1.52. The van der Waals surface area contributed by atoms with Crippen LogP contribution in [0.2, 0.25) is 0 Å². The van der Waals surface area contributed by atoms with Crippen LogP contribution in [0.5, 0.6) is 5.75 Å². The van der Waals surface area contributed by atoms with E-state index in [-0.39, 0.29) is 13.0 Å².